The summed E-state index contributed by atoms with van der Waals surface area (Å²) in [5.41, 5.74) is 1.06. The summed E-state index contributed by atoms with van der Waals surface area (Å²) >= 11 is 1.51. The van der Waals surface area contributed by atoms with Gasteiger partial charge in [0, 0.05) is 13.6 Å². The molecule has 2 aromatic heterocycles. The second-order valence-electron chi connectivity index (χ2n) is 5.86. The van der Waals surface area contributed by atoms with Crippen molar-refractivity contribution >= 4 is 27.5 Å². The molecule has 0 saturated carbocycles. The molecule has 0 spiro atoms. The largest absolute Gasteiger partial charge is 0.493 e. The fraction of sp³-hybridized carbons (Fsp3) is 0.316. The fourth-order valence-corrected chi connectivity index (χ4v) is 3.30. The summed E-state index contributed by atoms with van der Waals surface area (Å²) in [5.74, 6) is 1.68. The van der Waals surface area contributed by atoms with Gasteiger partial charge in [-0.25, -0.2) is 9.97 Å². The van der Waals surface area contributed by atoms with Crippen LogP contribution in [-0.2, 0) is 11.2 Å². The van der Waals surface area contributed by atoms with E-state index in [0.29, 0.717) is 30.3 Å². The van der Waals surface area contributed by atoms with E-state index >= 15 is 0 Å². The molecule has 7 nitrogen and oxygen atoms in total. The van der Waals surface area contributed by atoms with Crippen LogP contribution in [0.5, 0.6) is 17.4 Å². The first-order valence-electron chi connectivity index (χ1n) is 8.38. The van der Waals surface area contributed by atoms with Crippen molar-refractivity contribution in [1.29, 1.82) is 0 Å². The van der Waals surface area contributed by atoms with Crippen LogP contribution in [0.1, 0.15) is 5.56 Å². The van der Waals surface area contributed by atoms with Crippen molar-refractivity contribution in [3.63, 3.8) is 0 Å². The van der Waals surface area contributed by atoms with Crippen molar-refractivity contribution in [3.8, 4) is 17.4 Å². The monoisotopic (exact) mass is 387 g/mol. The van der Waals surface area contributed by atoms with Gasteiger partial charge < -0.3 is 19.1 Å². The zero-order valence-corrected chi connectivity index (χ0v) is 16.3. The van der Waals surface area contributed by atoms with E-state index in [0.717, 1.165) is 15.8 Å². The van der Waals surface area contributed by atoms with Crippen molar-refractivity contribution in [1.82, 2.24) is 14.9 Å². The second kappa shape index (κ2) is 8.68. The minimum absolute atomic E-state index is 0.0651. The molecule has 27 heavy (non-hydrogen) atoms. The molecule has 0 saturated heterocycles. The molecule has 0 aliphatic carbocycles. The number of hydrogen-bond donors (Lipinski definition) is 0. The molecule has 1 amide bonds. The summed E-state index contributed by atoms with van der Waals surface area (Å²) < 4.78 is 16.2. The van der Waals surface area contributed by atoms with E-state index in [9.17, 15) is 4.79 Å². The first-order valence-corrected chi connectivity index (χ1v) is 9.26. The first kappa shape index (κ1) is 18.9. The van der Waals surface area contributed by atoms with E-state index < -0.39 is 0 Å². The van der Waals surface area contributed by atoms with Gasteiger partial charge >= 0.3 is 0 Å². The third kappa shape index (κ3) is 4.46. The van der Waals surface area contributed by atoms with Crippen LogP contribution >= 0.6 is 11.3 Å². The molecule has 0 aliphatic heterocycles. The van der Waals surface area contributed by atoms with Crippen LogP contribution in [0, 0.1) is 0 Å². The number of fused-ring (bicyclic) bond motifs is 1. The lowest BCUT2D eigenvalue weighted by molar-refractivity contribution is -0.132. The van der Waals surface area contributed by atoms with E-state index in [1.807, 2.05) is 29.6 Å². The number of carbonyl (C=O) groups is 1. The first-order chi connectivity index (χ1) is 13.1. The van der Waals surface area contributed by atoms with Crippen molar-refractivity contribution in [2.24, 2.45) is 0 Å². The molecule has 0 N–H and O–H groups in total. The highest BCUT2D eigenvalue weighted by Crippen LogP contribution is 2.28. The van der Waals surface area contributed by atoms with Gasteiger partial charge in [0.25, 0.3) is 5.91 Å². The van der Waals surface area contributed by atoms with Crippen LogP contribution < -0.4 is 14.2 Å². The lowest BCUT2D eigenvalue weighted by Crippen LogP contribution is -2.33. The van der Waals surface area contributed by atoms with Gasteiger partial charge in [-0.2, -0.15) is 0 Å². The fourth-order valence-electron chi connectivity index (χ4n) is 2.58. The molecule has 0 bridgehead atoms. The maximum absolute atomic E-state index is 12.4. The van der Waals surface area contributed by atoms with E-state index in [4.69, 9.17) is 14.2 Å². The van der Waals surface area contributed by atoms with Crippen LogP contribution in [0.3, 0.4) is 0 Å². The lowest BCUT2D eigenvalue weighted by Gasteiger charge is -2.18. The van der Waals surface area contributed by atoms with Crippen LogP contribution in [-0.4, -0.2) is 55.2 Å². The average molecular weight is 387 g/mol. The van der Waals surface area contributed by atoms with Gasteiger partial charge in [0.05, 0.1) is 19.6 Å². The number of hydrogen-bond acceptors (Lipinski definition) is 7. The number of rotatable bonds is 8. The number of benzene rings is 1. The average Bonchev–Trinajstić information content (AvgIpc) is 3.19. The highest BCUT2D eigenvalue weighted by atomic mass is 32.1. The molecular weight excluding hydrogens is 366 g/mol. The maximum Gasteiger partial charge on any atom is 0.260 e. The Morgan fingerprint density at radius 1 is 1.15 bits per heavy atom. The van der Waals surface area contributed by atoms with Crippen molar-refractivity contribution in [2.45, 2.75) is 6.42 Å². The highest BCUT2D eigenvalue weighted by Gasteiger charge is 2.13. The molecule has 0 radical (unpaired) electrons. The number of aromatic nitrogens is 2. The Morgan fingerprint density at radius 2 is 1.96 bits per heavy atom. The summed E-state index contributed by atoms with van der Waals surface area (Å²) in [4.78, 5) is 23.1. The molecule has 0 unspecified atom stereocenters. The van der Waals surface area contributed by atoms with E-state index in [1.54, 1.807) is 26.2 Å². The standard InChI is InChI=1S/C19H21N3O4S/c1-22(8-6-13-4-5-15(24-2)16(10-13)25-3)17(23)11-26-18-14-7-9-27-19(14)21-12-20-18/h4-5,7,9-10,12H,6,8,11H2,1-3H3. The Bertz CT molecular complexity index is 928. The summed E-state index contributed by atoms with van der Waals surface area (Å²) in [6.07, 6.45) is 2.14. The van der Waals surface area contributed by atoms with Gasteiger partial charge in [-0.15, -0.1) is 11.3 Å². The number of thiophene rings is 1. The van der Waals surface area contributed by atoms with Crippen LogP contribution in [0.25, 0.3) is 10.2 Å². The van der Waals surface area contributed by atoms with Gasteiger partial charge in [-0.3, -0.25) is 4.79 Å². The Labute approximate surface area is 161 Å². The molecule has 3 aromatic rings. The predicted octanol–water partition coefficient (Wildman–Crippen LogP) is 2.79. The Morgan fingerprint density at radius 3 is 2.74 bits per heavy atom. The predicted molar refractivity (Wildman–Crippen MR) is 104 cm³/mol. The topological polar surface area (TPSA) is 73.8 Å². The van der Waals surface area contributed by atoms with Crippen molar-refractivity contribution < 1.29 is 19.0 Å². The van der Waals surface area contributed by atoms with Gasteiger partial charge in [-0.05, 0) is 35.6 Å². The van der Waals surface area contributed by atoms with E-state index in [1.165, 1.54) is 17.7 Å². The molecule has 8 heteroatoms. The molecule has 2 heterocycles. The SMILES string of the molecule is COc1ccc(CCN(C)C(=O)COc2ncnc3sccc23)cc1OC. The van der Waals surface area contributed by atoms with E-state index in [-0.39, 0.29) is 12.5 Å². The number of likely N-dealkylation sites (N-methyl/N-ethyl adjacent to an activating group) is 1. The number of nitrogens with zero attached hydrogens (tertiary/aromatic N) is 3. The minimum atomic E-state index is -0.113. The molecule has 0 fully saturated rings. The maximum atomic E-state index is 12.4. The summed E-state index contributed by atoms with van der Waals surface area (Å²) in [6.45, 7) is 0.500. The quantitative estimate of drug-likeness (QED) is 0.592. The Kier molecular flexibility index (Phi) is 6.08. The molecule has 0 aliphatic rings. The van der Waals surface area contributed by atoms with Crippen molar-refractivity contribution in [3.05, 3.63) is 41.5 Å². The molecule has 3 rings (SSSR count). The summed E-state index contributed by atoms with van der Waals surface area (Å²) in [7, 11) is 4.96. The molecule has 0 atom stereocenters. The number of carbonyl (C=O) groups excluding carboxylic acids is 1. The smallest absolute Gasteiger partial charge is 0.260 e. The third-order valence-corrected chi connectivity index (χ3v) is 4.99. The van der Waals surface area contributed by atoms with Crippen LogP contribution in [0.2, 0.25) is 0 Å². The van der Waals surface area contributed by atoms with E-state index in [2.05, 4.69) is 9.97 Å². The van der Waals surface area contributed by atoms with Gasteiger partial charge in [-0.1, -0.05) is 6.07 Å². The van der Waals surface area contributed by atoms with Gasteiger partial charge in [0.2, 0.25) is 5.88 Å². The van der Waals surface area contributed by atoms with Gasteiger partial charge in [0.1, 0.15) is 11.2 Å². The van der Waals surface area contributed by atoms with Gasteiger partial charge in [0.15, 0.2) is 18.1 Å². The highest BCUT2D eigenvalue weighted by molar-refractivity contribution is 7.16. The second-order valence-corrected chi connectivity index (χ2v) is 6.76. The van der Waals surface area contributed by atoms with Crippen molar-refractivity contribution in [2.75, 3.05) is 34.4 Å². The summed E-state index contributed by atoms with van der Waals surface area (Å²) in [6, 6.07) is 7.63. The number of ether oxygens (including phenoxy) is 3. The molecular formula is C19H21N3O4S. The normalized spacial score (nSPS) is 10.6. The Hall–Kier alpha value is -2.87. The molecule has 142 valence electrons. The lowest BCUT2D eigenvalue weighted by atomic mass is 10.1. The molecule has 1 aromatic carbocycles. The zero-order valence-electron chi connectivity index (χ0n) is 15.5. The zero-order chi connectivity index (χ0) is 19.2. The third-order valence-electron chi connectivity index (χ3n) is 4.17. The number of amides is 1. The minimum Gasteiger partial charge on any atom is -0.493 e. The number of methoxy groups -OCH3 is 2. The summed E-state index contributed by atoms with van der Waals surface area (Å²) in [5, 5.41) is 2.74. The van der Waals surface area contributed by atoms with Crippen LogP contribution in [0.4, 0.5) is 0 Å². The van der Waals surface area contributed by atoms with Crippen LogP contribution in [0.15, 0.2) is 36.0 Å². The Balaban J connectivity index is 1.54.